The van der Waals surface area contributed by atoms with E-state index in [0.717, 1.165) is 21.6 Å². The maximum Gasteiger partial charge on any atom is 0.258 e. The van der Waals surface area contributed by atoms with Crippen LogP contribution < -0.4 is 4.90 Å². The first-order valence-electron chi connectivity index (χ1n) is 13.6. The second kappa shape index (κ2) is 24.5. The minimum Gasteiger partial charge on any atom is -0.269 e. The molecule has 0 radical (unpaired) electrons. The predicted octanol–water partition coefficient (Wildman–Crippen LogP) is 8.05. The fourth-order valence-corrected chi connectivity index (χ4v) is 2.35. The van der Waals surface area contributed by atoms with Crippen LogP contribution in [0, 0.1) is 11.8 Å². The minimum absolute atomic E-state index is 0.281. The van der Waals surface area contributed by atoms with Crippen LogP contribution in [-0.4, -0.2) is 28.5 Å². The summed E-state index contributed by atoms with van der Waals surface area (Å²) < 4.78 is 0. The molecule has 2 aliphatic rings. The highest BCUT2D eigenvalue weighted by Crippen LogP contribution is 2.17. The standard InChI is InChI=1S/C11H11NO2.C10H7NO2.2C4H10.2C2H6/c1-3-5-6-9(4-2)12-10(13)7-8-11(12)14;12-9-6-7-10(13)11(9)8-4-2-1-3-5-8;2*1-4(2)3;2*1-2/h3-8H,1H2,2H3;1-7H;2*4H,1-3H3;2*1-2H3/b6-5-,9-4+;;;;;. The molecule has 4 amide bonds. The van der Waals surface area contributed by atoms with Crippen molar-refractivity contribution in [2.24, 2.45) is 11.8 Å². The van der Waals surface area contributed by atoms with E-state index in [1.54, 1.807) is 55.5 Å². The van der Waals surface area contributed by atoms with E-state index < -0.39 is 0 Å². The molecule has 1 aromatic rings. The normalized spacial score (nSPS) is 13.5. The van der Waals surface area contributed by atoms with Gasteiger partial charge in [-0.25, -0.2) is 9.80 Å². The summed E-state index contributed by atoms with van der Waals surface area (Å²) in [7, 11) is 0. The average Bonchev–Trinajstić information content (AvgIpc) is 3.42. The number of anilines is 1. The van der Waals surface area contributed by atoms with E-state index in [1.807, 2.05) is 33.8 Å². The number of hydrogen-bond acceptors (Lipinski definition) is 4. The van der Waals surface area contributed by atoms with Gasteiger partial charge in [-0.05, 0) is 37.0 Å². The zero-order valence-electron chi connectivity index (χ0n) is 25.9. The molecular weight excluding hydrogens is 488 g/mol. The second-order valence-corrected chi connectivity index (χ2v) is 8.80. The van der Waals surface area contributed by atoms with Crippen molar-refractivity contribution >= 4 is 29.3 Å². The van der Waals surface area contributed by atoms with E-state index in [2.05, 4.69) is 48.1 Å². The molecule has 6 heteroatoms. The number of imide groups is 2. The number of carbonyl (C=O) groups excluding carboxylic acids is 4. The molecule has 0 N–H and O–H groups in total. The van der Waals surface area contributed by atoms with Crippen LogP contribution >= 0.6 is 0 Å². The predicted molar refractivity (Wildman–Crippen MR) is 166 cm³/mol. The molecule has 0 bridgehead atoms. The molecule has 0 saturated carbocycles. The van der Waals surface area contributed by atoms with Gasteiger partial charge in [-0.1, -0.05) is 112 Å². The molecule has 3 rings (SSSR count). The largest absolute Gasteiger partial charge is 0.269 e. The Bertz CT molecular complexity index is 937. The van der Waals surface area contributed by atoms with Crippen molar-refractivity contribution in [3.05, 3.63) is 91.2 Å². The first-order valence-corrected chi connectivity index (χ1v) is 13.6. The Balaban J connectivity index is -0.000000477. The fraction of sp³-hybridized carbons (Fsp3) is 0.394. The summed E-state index contributed by atoms with van der Waals surface area (Å²) in [5, 5.41) is 0. The van der Waals surface area contributed by atoms with E-state index in [1.165, 1.54) is 24.3 Å². The Kier molecular flexibility index (Phi) is 25.0. The molecule has 0 aromatic heterocycles. The molecule has 1 aromatic carbocycles. The number of benzene rings is 1. The zero-order valence-corrected chi connectivity index (χ0v) is 25.9. The van der Waals surface area contributed by atoms with Gasteiger partial charge in [-0.2, -0.15) is 0 Å². The van der Waals surface area contributed by atoms with Gasteiger partial charge in [-0.3, -0.25) is 19.2 Å². The van der Waals surface area contributed by atoms with Gasteiger partial charge in [0.1, 0.15) is 0 Å². The van der Waals surface area contributed by atoms with Crippen LogP contribution in [0.2, 0.25) is 0 Å². The summed E-state index contributed by atoms with van der Waals surface area (Å²) in [6.45, 7) is 26.3. The molecule has 0 unspecified atom stereocenters. The molecule has 39 heavy (non-hydrogen) atoms. The van der Waals surface area contributed by atoms with Gasteiger partial charge in [0.2, 0.25) is 0 Å². The molecular formula is C33H50N2O4. The van der Waals surface area contributed by atoms with Gasteiger partial charge in [0.25, 0.3) is 23.6 Å². The van der Waals surface area contributed by atoms with E-state index in [4.69, 9.17) is 0 Å². The summed E-state index contributed by atoms with van der Waals surface area (Å²) in [6.07, 6.45) is 11.7. The Morgan fingerprint density at radius 2 is 1.05 bits per heavy atom. The zero-order chi connectivity index (χ0) is 31.0. The lowest BCUT2D eigenvalue weighted by Crippen LogP contribution is -2.29. The third kappa shape index (κ3) is 18.2. The van der Waals surface area contributed by atoms with Crippen molar-refractivity contribution < 1.29 is 19.2 Å². The van der Waals surface area contributed by atoms with Crippen molar-refractivity contribution in [1.82, 2.24) is 4.90 Å². The van der Waals surface area contributed by atoms with Gasteiger partial charge >= 0.3 is 0 Å². The molecule has 2 aliphatic heterocycles. The second-order valence-electron chi connectivity index (χ2n) is 8.80. The van der Waals surface area contributed by atoms with Crippen molar-refractivity contribution in [1.29, 1.82) is 0 Å². The number of rotatable bonds is 4. The van der Waals surface area contributed by atoms with Gasteiger partial charge in [-0.15, -0.1) is 0 Å². The molecule has 0 atom stereocenters. The van der Waals surface area contributed by atoms with E-state index in [9.17, 15) is 19.2 Å². The quantitative estimate of drug-likeness (QED) is 0.287. The smallest absolute Gasteiger partial charge is 0.258 e. The highest BCUT2D eigenvalue weighted by Gasteiger charge is 2.25. The van der Waals surface area contributed by atoms with Crippen LogP contribution in [0.4, 0.5) is 5.69 Å². The Morgan fingerprint density at radius 3 is 1.38 bits per heavy atom. The van der Waals surface area contributed by atoms with Crippen molar-refractivity contribution in [2.45, 2.75) is 76.2 Å². The minimum atomic E-state index is -0.309. The lowest BCUT2D eigenvalue weighted by Gasteiger charge is -2.13. The van der Waals surface area contributed by atoms with Gasteiger partial charge in [0.15, 0.2) is 0 Å². The molecule has 0 saturated heterocycles. The third-order valence-electron chi connectivity index (χ3n) is 3.59. The fourth-order valence-electron chi connectivity index (χ4n) is 2.35. The van der Waals surface area contributed by atoms with Crippen LogP contribution in [-0.2, 0) is 19.2 Å². The first kappa shape index (κ1) is 39.7. The van der Waals surface area contributed by atoms with Crippen molar-refractivity contribution in [3.8, 4) is 0 Å². The highest BCUT2D eigenvalue weighted by molar-refractivity contribution is 6.28. The number of amides is 4. The maximum absolute atomic E-state index is 11.3. The van der Waals surface area contributed by atoms with E-state index >= 15 is 0 Å². The molecule has 0 fully saturated rings. The topological polar surface area (TPSA) is 74.8 Å². The highest BCUT2D eigenvalue weighted by atomic mass is 16.2. The summed E-state index contributed by atoms with van der Waals surface area (Å²) >= 11 is 0. The SMILES string of the molecule is C=C/C=C\C(=C/C)N1C(=O)C=CC1=O.CC.CC.CC(C)C.CC(C)C.O=C1C=CC(=O)N1c1ccccc1. The van der Waals surface area contributed by atoms with Crippen LogP contribution in [0.15, 0.2) is 91.2 Å². The van der Waals surface area contributed by atoms with Crippen LogP contribution in [0.3, 0.4) is 0 Å². The molecule has 6 nitrogen and oxygen atoms in total. The lowest BCUT2D eigenvalue weighted by atomic mass is 10.3. The van der Waals surface area contributed by atoms with Gasteiger partial charge in [0.05, 0.1) is 5.69 Å². The third-order valence-corrected chi connectivity index (χ3v) is 3.59. The van der Waals surface area contributed by atoms with E-state index in [-0.39, 0.29) is 23.6 Å². The monoisotopic (exact) mass is 538 g/mol. The van der Waals surface area contributed by atoms with Crippen molar-refractivity contribution in [3.63, 3.8) is 0 Å². The maximum atomic E-state index is 11.3. The van der Waals surface area contributed by atoms with Crippen LogP contribution in [0.1, 0.15) is 76.2 Å². The molecule has 0 aliphatic carbocycles. The summed E-state index contributed by atoms with van der Waals surface area (Å²) in [5.74, 6) is 0.487. The van der Waals surface area contributed by atoms with Crippen LogP contribution in [0.5, 0.6) is 0 Å². The number of para-hydroxylation sites is 1. The van der Waals surface area contributed by atoms with E-state index in [0.29, 0.717) is 11.4 Å². The lowest BCUT2D eigenvalue weighted by molar-refractivity contribution is -0.134. The first-order chi connectivity index (χ1) is 18.5. The number of carbonyl (C=O) groups is 4. The summed E-state index contributed by atoms with van der Waals surface area (Å²) in [5.41, 5.74) is 1.17. The van der Waals surface area contributed by atoms with Crippen molar-refractivity contribution in [2.75, 3.05) is 4.90 Å². The average molecular weight is 539 g/mol. The Labute approximate surface area is 237 Å². The van der Waals surface area contributed by atoms with Crippen LogP contribution in [0.25, 0.3) is 0 Å². The number of hydrogen-bond donors (Lipinski definition) is 0. The van der Waals surface area contributed by atoms with Gasteiger partial charge in [0, 0.05) is 30.0 Å². The Morgan fingerprint density at radius 1 is 0.692 bits per heavy atom. The van der Waals surface area contributed by atoms with Gasteiger partial charge < -0.3 is 0 Å². The molecule has 216 valence electrons. The summed E-state index contributed by atoms with van der Waals surface area (Å²) in [4.78, 5) is 47.2. The number of allylic oxidation sites excluding steroid dienone is 4. The Hall–Kier alpha value is -3.80. The number of nitrogens with zero attached hydrogens (tertiary/aromatic N) is 2. The molecule has 2 heterocycles. The summed E-state index contributed by atoms with van der Waals surface area (Å²) in [6, 6.07) is 8.86. The molecule has 0 spiro atoms.